The van der Waals surface area contributed by atoms with Crippen LogP contribution in [0.3, 0.4) is 0 Å². The van der Waals surface area contributed by atoms with E-state index < -0.39 is 0 Å². The Morgan fingerprint density at radius 3 is 2.57 bits per heavy atom. The molecule has 3 heteroatoms. The van der Waals surface area contributed by atoms with Crippen LogP contribution in [-0.4, -0.2) is 12.3 Å². The van der Waals surface area contributed by atoms with Crippen molar-refractivity contribution in [1.29, 1.82) is 0 Å². The lowest BCUT2D eigenvalue weighted by molar-refractivity contribution is 0.813. The Morgan fingerprint density at radius 1 is 1.71 bits per heavy atom. The molecule has 0 fully saturated rings. The SMILES string of the molecule is CC1=NNCC1.Cl. The molecule has 0 aromatic carbocycles. The van der Waals surface area contributed by atoms with Crippen molar-refractivity contribution in [2.24, 2.45) is 5.10 Å². The number of rotatable bonds is 0. The Morgan fingerprint density at radius 2 is 2.43 bits per heavy atom. The predicted octanol–water partition coefficient (Wildman–Crippen LogP) is 0.777. The van der Waals surface area contributed by atoms with Crippen molar-refractivity contribution >= 4 is 18.1 Å². The van der Waals surface area contributed by atoms with E-state index in [1.165, 1.54) is 5.71 Å². The predicted molar refractivity (Wildman–Crippen MR) is 33.0 cm³/mol. The van der Waals surface area contributed by atoms with E-state index in [0.29, 0.717) is 0 Å². The Balaban J connectivity index is 0.000000360. The lowest BCUT2D eigenvalue weighted by atomic mass is 10.3. The minimum atomic E-state index is 0. The molecule has 0 saturated heterocycles. The summed E-state index contributed by atoms with van der Waals surface area (Å²) in [7, 11) is 0. The maximum atomic E-state index is 3.90. The molecule has 1 heterocycles. The maximum absolute atomic E-state index is 3.90. The number of halogens is 1. The van der Waals surface area contributed by atoms with Crippen molar-refractivity contribution in [2.75, 3.05) is 6.54 Å². The third kappa shape index (κ3) is 1.78. The van der Waals surface area contributed by atoms with Crippen molar-refractivity contribution in [2.45, 2.75) is 13.3 Å². The second-order valence-corrected chi connectivity index (χ2v) is 1.51. The van der Waals surface area contributed by atoms with Crippen LogP contribution in [0.25, 0.3) is 0 Å². The summed E-state index contributed by atoms with van der Waals surface area (Å²) in [5, 5.41) is 3.90. The standard InChI is InChI=1S/C4H8N2.ClH/c1-4-2-3-5-6-4;/h5H,2-3H2,1H3;1H. The van der Waals surface area contributed by atoms with E-state index in [1.54, 1.807) is 0 Å². The van der Waals surface area contributed by atoms with Crippen LogP contribution >= 0.6 is 12.4 Å². The van der Waals surface area contributed by atoms with E-state index in [2.05, 4.69) is 10.5 Å². The molecule has 2 nitrogen and oxygen atoms in total. The molecule has 0 aliphatic carbocycles. The molecule has 1 aliphatic rings. The first kappa shape index (κ1) is 6.76. The Labute approximate surface area is 49.4 Å². The van der Waals surface area contributed by atoms with Crippen molar-refractivity contribution in [3.05, 3.63) is 0 Å². The third-order valence-electron chi connectivity index (χ3n) is 0.869. The number of nitrogens with zero attached hydrogens (tertiary/aromatic N) is 1. The summed E-state index contributed by atoms with van der Waals surface area (Å²) < 4.78 is 0. The molecule has 0 atom stereocenters. The first-order chi connectivity index (χ1) is 2.89. The van der Waals surface area contributed by atoms with Gasteiger partial charge in [-0.2, -0.15) is 5.10 Å². The summed E-state index contributed by atoms with van der Waals surface area (Å²) in [5.74, 6) is 0. The fourth-order valence-corrected chi connectivity index (χ4v) is 0.484. The average molecular weight is 121 g/mol. The molecule has 0 radical (unpaired) electrons. The van der Waals surface area contributed by atoms with E-state index in [0.717, 1.165) is 13.0 Å². The van der Waals surface area contributed by atoms with Gasteiger partial charge in [-0.25, -0.2) is 0 Å². The highest BCUT2D eigenvalue weighted by molar-refractivity contribution is 5.85. The molecular weight excluding hydrogens is 112 g/mol. The van der Waals surface area contributed by atoms with Gasteiger partial charge in [-0.15, -0.1) is 12.4 Å². The van der Waals surface area contributed by atoms with Gasteiger partial charge in [0.25, 0.3) is 0 Å². The van der Waals surface area contributed by atoms with Crippen molar-refractivity contribution < 1.29 is 0 Å². The molecule has 0 unspecified atom stereocenters. The molecule has 1 aliphatic heterocycles. The molecule has 0 bridgehead atoms. The Bertz CT molecular complexity index is 79.8. The fraction of sp³-hybridized carbons (Fsp3) is 0.750. The zero-order valence-corrected chi connectivity index (χ0v) is 5.09. The highest BCUT2D eigenvalue weighted by atomic mass is 35.5. The summed E-state index contributed by atoms with van der Waals surface area (Å²) in [6, 6.07) is 0. The zero-order chi connectivity index (χ0) is 4.41. The van der Waals surface area contributed by atoms with Crippen molar-refractivity contribution in [3.63, 3.8) is 0 Å². The topological polar surface area (TPSA) is 24.4 Å². The largest absolute Gasteiger partial charge is 0.310 e. The summed E-state index contributed by atoms with van der Waals surface area (Å²) in [5.41, 5.74) is 4.08. The van der Waals surface area contributed by atoms with Crippen LogP contribution < -0.4 is 5.43 Å². The van der Waals surface area contributed by atoms with E-state index in [9.17, 15) is 0 Å². The van der Waals surface area contributed by atoms with Crippen LogP contribution in [0.1, 0.15) is 13.3 Å². The first-order valence-electron chi connectivity index (χ1n) is 2.15. The van der Waals surface area contributed by atoms with E-state index in [4.69, 9.17) is 0 Å². The van der Waals surface area contributed by atoms with Gasteiger partial charge in [-0.1, -0.05) is 0 Å². The summed E-state index contributed by atoms with van der Waals surface area (Å²) >= 11 is 0. The summed E-state index contributed by atoms with van der Waals surface area (Å²) in [6.07, 6.45) is 1.12. The number of hydrogen-bond acceptors (Lipinski definition) is 2. The fourth-order valence-electron chi connectivity index (χ4n) is 0.484. The van der Waals surface area contributed by atoms with E-state index >= 15 is 0 Å². The second kappa shape index (κ2) is 2.86. The van der Waals surface area contributed by atoms with Crippen molar-refractivity contribution in [3.8, 4) is 0 Å². The first-order valence-corrected chi connectivity index (χ1v) is 2.15. The van der Waals surface area contributed by atoms with Gasteiger partial charge >= 0.3 is 0 Å². The lowest BCUT2D eigenvalue weighted by Crippen LogP contribution is -1.96. The normalized spacial score (nSPS) is 17.0. The van der Waals surface area contributed by atoms with Gasteiger partial charge in [-0.05, 0) is 6.92 Å². The maximum Gasteiger partial charge on any atom is 0.0382 e. The van der Waals surface area contributed by atoms with Gasteiger partial charge in [-0.3, -0.25) is 0 Å². The number of hydrazone groups is 1. The molecule has 1 rings (SSSR count). The zero-order valence-electron chi connectivity index (χ0n) is 4.27. The Hall–Kier alpha value is -0.240. The number of hydrogen-bond donors (Lipinski definition) is 1. The van der Waals surface area contributed by atoms with Crippen LogP contribution in [0.5, 0.6) is 0 Å². The molecule has 0 aromatic rings. The van der Waals surface area contributed by atoms with Gasteiger partial charge in [0.1, 0.15) is 0 Å². The van der Waals surface area contributed by atoms with Gasteiger partial charge in [0.05, 0.1) is 0 Å². The van der Waals surface area contributed by atoms with Gasteiger partial charge in [0.15, 0.2) is 0 Å². The van der Waals surface area contributed by atoms with Crippen LogP contribution in [0.2, 0.25) is 0 Å². The number of nitrogens with one attached hydrogen (secondary N) is 1. The molecular formula is C4H9ClN2. The van der Waals surface area contributed by atoms with Gasteiger partial charge in [0.2, 0.25) is 0 Å². The van der Waals surface area contributed by atoms with E-state index in [1.807, 2.05) is 6.92 Å². The Kier molecular flexibility index (Phi) is 2.76. The summed E-state index contributed by atoms with van der Waals surface area (Å²) in [6.45, 7) is 3.06. The second-order valence-electron chi connectivity index (χ2n) is 1.51. The molecule has 1 N–H and O–H groups in total. The highest BCUT2D eigenvalue weighted by Crippen LogP contribution is 1.88. The molecule has 0 amide bonds. The average Bonchev–Trinajstić information content (AvgIpc) is 1.86. The van der Waals surface area contributed by atoms with Gasteiger partial charge < -0.3 is 5.43 Å². The molecule has 0 aromatic heterocycles. The molecule has 7 heavy (non-hydrogen) atoms. The molecule has 42 valence electrons. The quantitative estimate of drug-likeness (QED) is 0.502. The summed E-state index contributed by atoms with van der Waals surface area (Å²) in [4.78, 5) is 0. The van der Waals surface area contributed by atoms with Crippen molar-refractivity contribution in [1.82, 2.24) is 5.43 Å². The smallest absolute Gasteiger partial charge is 0.0382 e. The van der Waals surface area contributed by atoms with Crippen LogP contribution in [-0.2, 0) is 0 Å². The minimum Gasteiger partial charge on any atom is -0.310 e. The van der Waals surface area contributed by atoms with Crippen LogP contribution in [0.4, 0.5) is 0 Å². The monoisotopic (exact) mass is 120 g/mol. The molecule has 0 saturated carbocycles. The van der Waals surface area contributed by atoms with E-state index in [-0.39, 0.29) is 12.4 Å². The third-order valence-corrected chi connectivity index (χ3v) is 0.869. The molecule has 0 spiro atoms. The van der Waals surface area contributed by atoms with Crippen LogP contribution in [0.15, 0.2) is 5.10 Å². The minimum absolute atomic E-state index is 0. The highest BCUT2D eigenvalue weighted by Gasteiger charge is 1.95. The van der Waals surface area contributed by atoms with Gasteiger partial charge in [0, 0.05) is 18.7 Å². The van der Waals surface area contributed by atoms with Crippen LogP contribution in [0, 0.1) is 0 Å². The lowest BCUT2D eigenvalue weighted by Gasteiger charge is -1.76.